The van der Waals surface area contributed by atoms with E-state index in [1.807, 2.05) is 17.5 Å². The monoisotopic (exact) mass is 389 g/mol. The molecule has 0 spiro atoms. The largest absolute Gasteiger partial charge is 0.496 e. The Kier molecular flexibility index (Phi) is 4.65. The van der Waals surface area contributed by atoms with Gasteiger partial charge in [0.1, 0.15) is 5.75 Å². The van der Waals surface area contributed by atoms with Gasteiger partial charge in [0.2, 0.25) is 0 Å². The fraction of sp³-hybridized carbons (Fsp3) is 0.278. The summed E-state index contributed by atoms with van der Waals surface area (Å²) < 4.78 is 10.7. The average Bonchev–Trinajstić information content (AvgIpc) is 3.41. The van der Waals surface area contributed by atoms with E-state index in [9.17, 15) is 4.79 Å². The van der Waals surface area contributed by atoms with E-state index in [4.69, 9.17) is 20.9 Å². The van der Waals surface area contributed by atoms with Gasteiger partial charge in [-0.05, 0) is 36.1 Å². The van der Waals surface area contributed by atoms with Gasteiger partial charge in [-0.2, -0.15) is 4.98 Å². The Labute approximate surface area is 159 Å². The van der Waals surface area contributed by atoms with Gasteiger partial charge >= 0.3 is 0 Å². The highest BCUT2D eigenvalue weighted by Crippen LogP contribution is 2.31. The number of rotatable bonds is 4. The maximum absolute atomic E-state index is 12.9. The number of thiophene rings is 1. The van der Waals surface area contributed by atoms with Crippen LogP contribution in [0.4, 0.5) is 0 Å². The highest BCUT2D eigenvalue weighted by atomic mass is 35.5. The summed E-state index contributed by atoms with van der Waals surface area (Å²) in [5.41, 5.74) is 0.466. The summed E-state index contributed by atoms with van der Waals surface area (Å²) in [7, 11) is 1.54. The summed E-state index contributed by atoms with van der Waals surface area (Å²) in [4.78, 5) is 20.1. The number of hydrogen-bond donors (Lipinski definition) is 0. The van der Waals surface area contributed by atoms with E-state index < -0.39 is 0 Å². The number of amides is 1. The van der Waals surface area contributed by atoms with Gasteiger partial charge in [0.05, 0.1) is 17.6 Å². The van der Waals surface area contributed by atoms with E-state index in [-0.39, 0.29) is 11.8 Å². The first-order valence-electron chi connectivity index (χ1n) is 8.16. The summed E-state index contributed by atoms with van der Waals surface area (Å²) in [6.07, 6.45) is 0.790. The van der Waals surface area contributed by atoms with E-state index in [1.54, 1.807) is 34.4 Å². The maximum Gasteiger partial charge on any atom is 0.267 e. The third-order valence-corrected chi connectivity index (χ3v) is 5.50. The van der Waals surface area contributed by atoms with Crippen molar-refractivity contribution in [3.05, 3.63) is 52.1 Å². The molecule has 0 N–H and O–H groups in total. The van der Waals surface area contributed by atoms with Crippen LogP contribution in [0.3, 0.4) is 0 Å². The van der Waals surface area contributed by atoms with E-state index in [0.29, 0.717) is 41.1 Å². The second-order valence-corrected chi connectivity index (χ2v) is 7.40. The molecule has 1 fully saturated rings. The highest BCUT2D eigenvalue weighted by Gasteiger charge is 2.32. The number of likely N-dealkylation sites (tertiary alicyclic amines) is 1. The Morgan fingerprint density at radius 3 is 3.08 bits per heavy atom. The molecule has 1 aromatic carbocycles. The van der Waals surface area contributed by atoms with Crippen molar-refractivity contribution in [1.82, 2.24) is 15.0 Å². The predicted octanol–water partition coefficient (Wildman–Crippen LogP) is 4.09. The van der Waals surface area contributed by atoms with Gasteiger partial charge < -0.3 is 14.2 Å². The minimum Gasteiger partial charge on any atom is -0.496 e. The maximum atomic E-state index is 12.9. The van der Waals surface area contributed by atoms with Gasteiger partial charge in [0.25, 0.3) is 11.8 Å². The number of nitrogens with zero attached hydrogens (tertiary/aromatic N) is 3. The Morgan fingerprint density at radius 1 is 1.42 bits per heavy atom. The van der Waals surface area contributed by atoms with Crippen molar-refractivity contribution in [3.63, 3.8) is 0 Å². The van der Waals surface area contributed by atoms with E-state index in [0.717, 1.165) is 11.3 Å². The topological polar surface area (TPSA) is 68.5 Å². The molecule has 3 heterocycles. The molecule has 3 aromatic rings. The quantitative estimate of drug-likeness (QED) is 0.672. The van der Waals surface area contributed by atoms with Gasteiger partial charge in [-0.1, -0.05) is 22.8 Å². The lowest BCUT2D eigenvalue weighted by atomic mass is 10.1. The van der Waals surface area contributed by atoms with Crippen LogP contribution in [-0.2, 0) is 0 Å². The summed E-state index contributed by atoms with van der Waals surface area (Å²) in [6, 6.07) is 8.93. The number of benzene rings is 1. The summed E-state index contributed by atoms with van der Waals surface area (Å²) in [6.45, 7) is 1.17. The van der Waals surface area contributed by atoms with E-state index >= 15 is 0 Å². The third kappa shape index (κ3) is 3.20. The van der Waals surface area contributed by atoms with Crippen LogP contribution in [0, 0.1) is 0 Å². The van der Waals surface area contributed by atoms with E-state index in [1.165, 1.54) is 7.11 Å². The zero-order chi connectivity index (χ0) is 18.1. The second-order valence-electron chi connectivity index (χ2n) is 6.02. The Morgan fingerprint density at radius 2 is 2.31 bits per heavy atom. The van der Waals surface area contributed by atoms with Gasteiger partial charge in [-0.15, -0.1) is 11.3 Å². The lowest BCUT2D eigenvalue weighted by molar-refractivity contribution is 0.0787. The van der Waals surface area contributed by atoms with Crippen molar-refractivity contribution in [2.75, 3.05) is 20.2 Å². The van der Waals surface area contributed by atoms with Crippen LogP contribution in [0.1, 0.15) is 28.5 Å². The molecular formula is C18H16ClN3O3S. The smallest absolute Gasteiger partial charge is 0.267 e. The summed E-state index contributed by atoms with van der Waals surface area (Å²) >= 11 is 7.60. The molecule has 2 aromatic heterocycles. The number of hydrogen-bond acceptors (Lipinski definition) is 6. The summed E-state index contributed by atoms with van der Waals surface area (Å²) in [5.74, 6) is 1.64. The lowest BCUT2D eigenvalue weighted by Gasteiger charge is -2.17. The molecule has 0 bridgehead atoms. The molecule has 134 valence electrons. The molecule has 0 unspecified atom stereocenters. The molecule has 4 rings (SSSR count). The Hall–Kier alpha value is -2.38. The number of carbonyl (C=O) groups excluding carboxylic acids is 1. The van der Waals surface area contributed by atoms with Gasteiger partial charge in [0.15, 0.2) is 5.82 Å². The van der Waals surface area contributed by atoms with Crippen molar-refractivity contribution < 1.29 is 14.1 Å². The molecule has 0 aliphatic carbocycles. The molecule has 1 saturated heterocycles. The van der Waals surface area contributed by atoms with Gasteiger partial charge in [0, 0.05) is 24.0 Å². The van der Waals surface area contributed by atoms with Crippen LogP contribution >= 0.6 is 22.9 Å². The summed E-state index contributed by atoms with van der Waals surface area (Å²) in [5, 5.41) is 6.57. The zero-order valence-electron chi connectivity index (χ0n) is 14.0. The molecule has 26 heavy (non-hydrogen) atoms. The minimum absolute atomic E-state index is 0.0570. The van der Waals surface area contributed by atoms with Crippen LogP contribution in [0.5, 0.6) is 5.75 Å². The molecule has 6 nitrogen and oxygen atoms in total. The Balaban J connectivity index is 1.50. The van der Waals surface area contributed by atoms with Crippen molar-refractivity contribution in [2.24, 2.45) is 0 Å². The molecule has 0 saturated carbocycles. The fourth-order valence-corrected chi connectivity index (χ4v) is 3.89. The molecular weight excluding hydrogens is 374 g/mol. The fourth-order valence-electron chi connectivity index (χ4n) is 3.07. The lowest BCUT2D eigenvalue weighted by Crippen LogP contribution is -2.29. The predicted molar refractivity (Wildman–Crippen MR) is 98.9 cm³/mol. The van der Waals surface area contributed by atoms with Crippen LogP contribution in [-0.4, -0.2) is 41.1 Å². The Bertz CT molecular complexity index is 926. The minimum atomic E-state index is -0.103. The first-order chi connectivity index (χ1) is 12.7. The van der Waals surface area contributed by atoms with Crippen LogP contribution in [0.15, 0.2) is 40.2 Å². The van der Waals surface area contributed by atoms with Crippen LogP contribution in [0.25, 0.3) is 10.8 Å². The van der Waals surface area contributed by atoms with Gasteiger partial charge in [-0.25, -0.2) is 0 Å². The molecule has 0 radical (unpaired) electrons. The molecule has 1 atom stereocenters. The molecule has 1 aliphatic rings. The van der Waals surface area contributed by atoms with Crippen molar-refractivity contribution in [1.29, 1.82) is 0 Å². The second kappa shape index (κ2) is 7.09. The number of ether oxygens (including phenoxy) is 1. The van der Waals surface area contributed by atoms with Crippen LogP contribution in [0.2, 0.25) is 5.02 Å². The zero-order valence-corrected chi connectivity index (χ0v) is 15.6. The number of halogens is 1. The van der Waals surface area contributed by atoms with E-state index in [2.05, 4.69) is 10.1 Å². The molecule has 8 heteroatoms. The first kappa shape index (κ1) is 17.1. The number of carbonyl (C=O) groups is 1. The van der Waals surface area contributed by atoms with Crippen LogP contribution < -0.4 is 4.74 Å². The number of methoxy groups -OCH3 is 1. The normalized spacial score (nSPS) is 16.8. The van der Waals surface area contributed by atoms with Crippen molar-refractivity contribution in [2.45, 2.75) is 12.3 Å². The SMILES string of the molecule is COc1ccc(Cl)cc1C(=O)N1CC[C@@H](c2noc(-c3cccs3)n2)C1. The first-order valence-corrected chi connectivity index (χ1v) is 9.42. The van der Waals surface area contributed by atoms with Crippen molar-refractivity contribution in [3.8, 4) is 16.5 Å². The average molecular weight is 390 g/mol. The highest BCUT2D eigenvalue weighted by molar-refractivity contribution is 7.13. The molecule has 1 aliphatic heterocycles. The van der Waals surface area contributed by atoms with Crippen molar-refractivity contribution >= 4 is 28.8 Å². The molecule has 1 amide bonds. The van der Waals surface area contributed by atoms with Gasteiger partial charge in [-0.3, -0.25) is 4.79 Å². The standard InChI is InChI=1S/C18H16ClN3O3S/c1-24-14-5-4-12(19)9-13(14)18(23)22-7-6-11(10-22)16-20-17(25-21-16)15-3-2-8-26-15/h2-5,8-9,11H,6-7,10H2,1H3/t11-/m1/s1. The third-order valence-electron chi connectivity index (χ3n) is 4.41. The number of aromatic nitrogens is 2.